The van der Waals surface area contributed by atoms with Crippen LogP contribution < -0.4 is 14.8 Å². The number of ether oxygens (including phenoxy) is 2. The highest BCUT2D eigenvalue weighted by Crippen LogP contribution is 2.30. The van der Waals surface area contributed by atoms with Gasteiger partial charge in [-0.25, -0.2) is 4.79 Å². The van der Waals surface area contributed by atoms with E-state index in [1.54, 1.807) is 19.1 Å². The van der Waals surface area contributed by atoms with Crippen molar-refractivity contribution >= 4 is 41.2 Å². The number of nitrogens with one attached hydrogen (secondary N) is 1. The lowest BCUT2D eigenvalue weighted by Crippen LogP contribution is -2.53. The molecule has 28 heavy (non-hydrogen) atoms. The predicted octanol–water partition coefficient (Wildman–Crippen LogP) is 1.75. The van der Waals surface area contributed by atoms with Crippen LogP contribution in [0.3, 0.4) is 0 Å². The van der Waals surface area contributed by atoms with E-state index < -0.39 is 23.9 Å². The van der Waals surface area contributed by atoms with Gasteiger partial charge in [0.25, 0.3) is 11.8 Å². The first kappa shape index (κ1) is 21.1. The molecule has 1 saturated heterocycles. The van der Waals surface area contributed by atoms with Crippen LogP contribution >= 0.6 is 12.2 Å². The van der Waals surface area contributed by atoms with Crippen molar-refractivity contribution in [1.29, 1.82) is 0 Å². The van der Waals surface area contributed by atoms with Gasteiger partial charge in [0.2, 0.25) is 0 Å². The zero-order valence-corrected chi connectivity index (χ0v) is 16.2. The summed E-state index contributed by atoms with van der Waals surface area (Å²) in [6.07, 6.45) is 1.84. The van der Waals surface area contributed by atoms with Crippen molar-refractivity contribution in [2.45, 2.75) is 20.0 Å². The monoisotopic (exact) mass is 404 g/mol. The van der Waals surface area contributed by atoms with Crippen molar-refractivity contribution in [2.75, 3.05) is 13.2 Å². The molecule has 8 nitrogen and oxygen atoms in total. The van der Waals surface area contributed by atoms with Crippen LogP contribution in [0.15, 0.2) is 36.4 Å². The Kier molecular flexibility index (Phi) is 6.89. The van der Waals surface area contributed by atoms with Gasteiger partial charge in [0.15, 0.2) is 22.7 Å². The van der Waals surface area contributed by atoms with Crippen molar-refractivity contribution in [3.63, 3.8) is 0 Å². The number of carbonyl (C=O) groups is 3. The van der Waals surface area contributed by atoms with Crippen molar-refractivity contribution in [2.24, 2.45) is 0 Å². The molecule has 1 aromatic rings. The second kappa shape index (κ2) is 9.14. The first-order valence-electron chi connectivity index (χ1n) is 8.44. The standard InChI is InChI=1S/C19H20N2O6S/c1-4-8-21-17(23)13(16(22)20-19(21)28)9-12-6-7-14(15(10-12)26-5-2)27-11(3)18(24)25/h4,6-7,9-11H,1,5,8H2,2-3H3,(H,24,25)(H,20,22,28)/b13-9+. The Labute approximate surface area is 167 Å². The van der Waals surface area contributed by atoms with Crippen LogP contribution in [-0.2, 0) is 14.4 Å². The number of rotatable bonds is 8. The highest BCUT2D eigenvalue weighted by atomic mass is 32.1. The van der Waals surface area contributed by atoms with Crippen molar-refractivity contribution in [1.82, 2.24) is 10.2 Å². The smallest absolute Gasteiger partial charge is 0.344 e. The molecule has 2 rings (SSSR count). The number of nitrogens with zero attached hydrogens (tertiary/aromatic N) is 1. The van der Waals surface area contributed by atoms with E-state index in [1.807, 2.05) is 0 Å². The number of carbonyl (C=O) groups excluding carboxylic acids is 2. The van der Waals surface area contributed by atoms with Gasteiger partial charge in [0.05, 0.1) is 6.61 Å². The summed E-state index contributed by atoms with van der Waals surface area (Å²) >= 11 is 5.01. The molecular formula is C19H20N2O6S. The van der Waals surface area contributed by atoms with Gasteiger partial charge in [-0.1, -0.05) is 12.1 Å². The number of carboxylic acid groups (broad SMARTS) is 1. The van der Waals surface area contributed by atoms with Gasteiger partial charge < -0.3 is 14.6 Å². The molecular weight excluding hydrogens is 384 g/mol. The molecule has 1 atom stereocenters. The summed E-state index contributed by atoms with van der Waals surface area (Å²) in [6.45, 7) is 7.22. The Balaban J connectivity index is 2.38. The minimum Gasteiger partial charge on any atom is -0.490 e. The maximum absolute atomic E-state index is 12.6. The average Bonchev–Trinajstić information content (AvgIpc) is 2.64. The van der Waals surface area contributed by atoms with Crippen LogP contribution in [-0.4, -0.2) is 52.2 Å². The molecule has 1 fully saturated rings. The van der Waals surface area contributed by atoms with Crippen LogP contribution in [0.25, 0.3) is 6.08 Å². The van der Waals surface area contributed by atoms with Gasteiger partial charge in [-0.2, -0.15) is 0 Å². The lowest BCUT2D eigenvalue weighted by molar-refractivity contribution is -0.144. The Morgan fingerprint density at radius 1 is 1.39 bits per heavy atom. The lowest BCUT2D eigenvalue weighted by Gasteiger charge is -2.27. The van der Waals surface area contributed by atoms with E-state index in [9.17, 15) is 14.4 Å². The first-order chi connectivity index (χ1) is 13.3. The molecule has 148 valence electrons. The molecule has 1 heterocycles. The zero-order chi connectivity index (χ0) is 20.8. The summed E-state index contributed by atoms with van der Waals surface area (Å²) in [7, 11) is 0. The summed E-state index contributed by atoms with van der Waals surface area (Å²) in [5, 5.41) is 11.5. The SMILES string of the molecule is C=CCN1C(=O)/C(=C/c2ccc(OC(C)C(=O)O)c(OCC)c2)C(=O)NC1=S. The second-order valence-electron chi connectivity index (χ2n) is 5.76. The fourth-order valence-electron chi connectivity index (χ4n) is 2.38. The Hall–Kier alpha value is -3.20. The maximum atomic E-state index is 12.6. The molecule has 0 saturated carbocycles. The van der Waals surface area contributed by atoms with E-state index in [1.165, 1.54) is 30.0 Å². The highest BCUT2D eigenvalue weighted by Gasteiger charge is 2.32. The molecule has 9 heteroatoms. The second-order valence-corrected chi connectivity index (χ2v) is 6.15. The predicted molar refractivity (Wildman–Crippen MR) is 106 cm³/mol. The molecule has 0 bridgehead atoms. The number of aliphatic carboxylic acids is 1. The van der Waals surface area contributed by atoms with Crippen LogP contribution in [0.5, 0.6) is 11.5 Å². The molecule has 1 aromatic carbocycles. The van der Waals surface area contributed by atoms with Crippen molar-refractivity contribution in [3.05, 3.63) is 42.0 Å². The van der Waals surface area contributed by atoms with E-state index >= 15 is 0 Å². The van der Waals surface area contributed by atoms with Gasteiger partial charge in [-0.05, 0) is 49.8 Å². The molecule has 2 amide bonds. The fourth-order valence-corrected chi connectivity index (χ4v) is 2.63. The third kappa shape index (κ3) is 4.74. The normalized spacial score (nSPS) is 16.6. The summed E-state index contributed by atoms with van der Waals surface area (Å²) in [5.41, 5.74) is 0.411. The van der Waals surface area contributed by atoms with Crippen LogP contribution in [0.1, 0.15) is 19.4 Å². The molecule has 1 unspecified atom stereocenters. The van der Waals surface area contributed by atoms with E-state index in [0.717, 1.165) is 0 Å². The van der Waals surface area contributed by atoms with Gasteiger partial charge in [0.1, 0.15) is 5.57 Å². The molecule has 1 aliphatic rings. The zero-order valence-electron chi connectivity index (χ0n) is 15.4. The number of benzene rings is 1. The van der Waals surface area contributed by atoms with Gasteiger partial charge in [0, 0.05) is 6.54 Å². The Morgan fingerprint density at radius 3 is 2.71 bits per heavy atom. The minimum atomic E-state index is -1.11. The van der Waals surface area contributed by atoms with E-state index in [2.05, 4.69) is 11.9 Å². The van der Waals surface area contributed by atoms with Crippen molar-refractivity contribution in [3.8, 4) is 11.5 Å². The van der Waals surface area contributed by atoms with E-state index in [4.69, 9.17) is 26.8 Å². The maximum Gasteiger partial charge on any atom is 0.344 e. The summed E-state index contributed by atoms with van der Waals surface area (Å²) in [6, 6.07) is 4.67. The van der Waals surface area contributed by atoms with E-state index in [-0.39, 0.29) is 23.0 Å². The molecule has 0 aromatic heterocycles. The number of hydrogen-bond acceptors (Lipinski definition) is 6. The number of amides is 2. The largest absolute Gasteiger partial charge is 0.490 e. The summed E-state index contributed by atoms with van der Waals surface area (Å²) < 4.78 is 10.9. The molecule has 0 radical (unpaired) electrons. The van der Waals surface area contributed by atoms with E-state index in [0.29, 0.717) is 17.9 Å². The Bertz CT molecular complexity index is 864. The van der Waals surface area contributed by atoms with Crippen LogP contribution in [0.2, 0.25) is 0 Å². The third-order valence-corrected chi connectivity index (χ3v) is 4.05. The Morgan fingerprint density at radius 2 is 2.11 bits per heavy atom. The van der Waals surface area contributed by atoms with Crippen LogP contribution in [0, 0.1) is 0 Å². The van der Waals surface area contributed by atoms with Crippen molar-refractivity contribution < 1.29 is 29.0 Å². The number of carboxylic acids is 1. The average molecular weight is 404 g/mol. The fraction of sp³-hybridized carbons (Fsp3) is 0.263. The summed E-state index contributed by atoms with van der Waals surface area (Å²) in [4.78, 5) is 37.0. The van der Waals surface area contributed by atoms with Gasteiger partial charge >= 0.3 is 5.97 Å². The molecule has 1 aliphatic heterocycles. The number of hydrogen-bond donors (Lipinski definition) is 2. The molecule has 2 N–H and O–H groups in total. The topological polar surface area (TPSA) is 105 Å². The molecule has 0 spiro atoms. The minimum absolute atomic E-state index is 0.0217. The highest BCUT2D eigenvalue weighted by molar-refractivity contribution is 7.80. The summed E-state index contributed by atoms with van der Waals surface area (Å²) in [5.74, 6) is -1.71. The lowest BCUT2D eigenvalue weighted by atomic mass is 10.1. The first-order valence-corrected chi connectivity index (χ1v) is 8.85. The van der Waals surface area contributed by atoms with Gasteiger partial charge in [-0.3, -0.25) is 19.8 Å². The molecule has 0 aliphatic carbocycles. The van der Waals surface area contributed by atoms with Crippen LogP contribution in [0.4, 0.5) is 0 Å². The number of thiocarbonyl (C=S) groups is 1. The van der Waals surface area contributed by atoms with Gasteiger partial charge in [-0.15, -0.1) is 6.58 Å². The third-order valence-electron chi connectivity index (χ3n) is 3.73. The quantitative estimate of drug-likeness (QED) is 0.294.